The number of carbonyl (C=O) groups excluding carboxylic acids is 1. The van der Waals surface area contributed by atoms with Gasteiger partial charge in [-0.15, -0.1) is 11.8 Å². The molecule has 1 aromatic carbocycles. The highest BCUT2D eigenvalue weighted by Crippen LogP contribution is 2.23. The van der Waals surface area contributed by atoms with Crippen LogP contribution in [0, 0.1) is 0 Å². The van der Waals surface area contributed by atoms with E-state index in [-0.39, 0.29) is 11.9 Å². The van der Waals surface area contributed by atoms with Crippen molar-refractivity contribution in [3.63, 3.8) is 0 Å². The monoisotopic (exact) mass is 363 g/mol. The van der Waals surface area contributed by atoms with E-state index in [2.05, 4.69) is 57.1 Å². The van der Waals surface area contributed by atoms with Crippen LogP contribution >= 0.6 is 11.8 Å². The van der Waals surface area contributed by atoms with Gasteiger partial charge < -0.3 is 15.5 Å². The molecule has 2 N–H and O–H groups in total. The number of amides is 1. The van der Waals surface area contributed by atoms with Crippen molar-refractivity contribution >= 4 is 17.7 Å². The van der Waals surface area contributed by atoms with Crippen molar-refractivity contribution in [1.29, 1.82) is 0 Å². The number of benzene rings is 1. The first kappa shape index (κ1) is 20.3. The van der Waals surface area contributed by atoms with Gasteiger partial charge in [0, 0.05) is 42.2 Å². The van der Waals surface area contributed by atoms with Crippen LogP contribution in [0.1, 0.15) is 44.6 Å². The third-order valence-corrected chi connectivity index (χ3v) is 6.20. The first-order valence-corrected chi connectivity index (χ1v) is 10.3. The highest BCUT2D eigenvalue weighted by Gasteiger charge is 2.24. The first-order valence-electron chi connectivity index (χ1n) is 9.29. The second-order valence-corrected chi connectivity index (χ2v) is 8.67. The molecule has 0 aromatic heterocycles. The van der Waals surface area contributed by atoms with E-state index < -0.39 is 0 Å². The van der Waals surface area contributed by atoms with Crippen LogP contribution in [0.2, 0.25) is 0 Å². The van der Waals surface area contributed by atoms with Gasteiger partial charge in [-0.25, -0.2) is 0 Å². The highest BCUT2D eigenvalue weighted by atomic mass is 32.2. The van der Waals surface area contributed by atoms with E-state index in [0.717, 1.165) is 31.7 Å². The summed E-state index contributed by atoms with van der Waals surface area (Å²) >= 11 is 1.74. The Morgan fingerprint density at radius 2 is 1.84 bits per heavy atom. The van der Waals surface area contributed by atoms with Crippen LogP contribution in [0.3, 0.4) is 0 Å². The lowest BCUT2D eigenvalue weighted by Crippen LogP contribution is -2.46. The smallest absolute Gasteiger partial charge is 0.224 e. The normalized spacial score (nSPS) is 17.3. The SMILES string of the molecule is CC(C)c1ccc(SCC(N)CC(=O)N2CCC(N(C)C)CC2)cc1. The zero-order valence-corrected chi connectivity index (χ0v) is 16.9. The number of thioether (sulfide) groups is 1. The average Bonchev–Trinajstić information content (AvgIpc) is 2.60. The molecule has 5 heteroatoms. The van der Waals surface area contributed by atoms with Crippen molar-refractivity contribution in [1.82, 2.24) is 9.80 Å². The molecule has 1 heterocycles. The van der Waals surface area contributed by atoms with Gasteiger partial charge in [-0.05, 0) is 50.6 Å². The summed E-state index contributed by atoms with van der Waals surface area (Å²) < 4.78 is 0. The molecule has 1 unspecified atom stereocenters. The van der Waals surface area contributed by atoms with Crippen molar-refractivity contribution in [3.8, 4) is 0 Å². The number of piperidine rings is 1. The molecule has 1 saturated heterocycles. The molecule has 2 rings (SSSR count). The Labute approximate surface area is 157 Å². The Morgan fingerprint density at radius 1 is 1.24 bits per heavy atom. The van der Waals surface area contributed by atoms with Crippen molar-refractivity contribution in [3.05, 3.63) is 29.8 Å². The number of hydrogen-bond donors (Lipinski definition) is 1. The number of likely N-dealkylation sites (tertiary alicyclic amines) is 1. The molecule has 0 saturated carbocycles. The summed E-state index contributed by atoms with van der Waals surface area (Å²) in [5.74, 6) is 1.54. The Morgan fingerprint density at radius 3 is 2.36 bits per heavy atom. The van der Waals surface area contributed by atoms with E-state index in [1.807, 2.05) is 4.90 Å². The van der Waals surface area contributed by atoms with E-state index in [0.29, 0.717) is 18.4 Å². The Bertz CT molecular complexity index is 536. The van der Waals surface area contributed by atoms with Crippen LogP contribution < -0.4 is 5.73 Å². The molecule has 1 atom stereocenters. The molecule has 1 amide bonds. The molecule has 1 aromatic rings. The third-order valence-electron chi connectivity index (χ3n) is 5.00. The lowest BCUT2D eigenvalue weighted by molar-refractivity contribution is -0.132. The Hall–Kier alpha value is -1.04. The zero-order chi connectivity index (χ0) is 18.4. The summed E-state index contributed by atoms with van der Waals surface area (Å²) in [5.41, 5.74) is 7.56. The molecule has 1 aliphatic rings. The van der Waals surface area contributed by atoms with Crippen molar-refractivity contribution in [2.45, 2.75) is 56.0 Å². The second-order valence-electron chi connectivity index (χ2n) is 7.57. The van der Waals surface area contributed by atoms with E-state index >= 15 is 0 Å². The summed E-state index contributed by atoms with van der Waals surface area (Å²) in [6.45, 7) is 6.12. The molecule has 140 valence electrons. The fourth-order valence-electron chi connectivity index (χ4n) is 3.20. The van der Waals surface area contributed by atoms with Crippen LogP contribution in [0.15, 0.2) is 29.2 Å². The van der Waals surface area contributed by atoms with Crippen LogP contribution in [0.25, 0.3) is 0 Å². The predicted molar refractivity (Wildman–Crippen MR) is 107 cm³/mol. The van der Waals surface area contributed by atoms with Gasteiger partial charge in [0.2, 0.25) is 5.91 Å². The largest absolute Gasteiger partial charge is 0.343 e. The van der Waals surface area contributed by atoms with Gasteiger partial charge in [0.1, 0.15) is 0 Å². The molecule has 4 nitrogen and oxygen atoms in total. The molecule has 0 bridgehead atoms. The average molecular weight is 364 g/mol. The first-order chi connectivity index (χ1) is 11.9. The van der Waals surface area contributed by atoms with Gasteiger partial charge >= 0.3 is 0 Å². The van der Waals surface area contributed by atoms with Gasteiger partial charge in [0.05, 0.1) is 0 Å². The van der Waals surface area contributed by atoms with Crippen molar-refractivity contribution < 1.29 is 4.79 Å². The van der Waals surface area contributed by atoms with Gasteiger partial charge in [0.25, 0.3) is 0 Å². The van der Waals surface area contributed by atoms with E-state index in [1.54, 1.807) is 11.8 Å². The summed E-state index contributed by atoms with van der Waals surface area (Å²) in [6, 6.07) is 9.18. The molecule has 1 aliphatic heterocycles. The second kappa shape index (κ2) is 9.60. The zero-order valence-electron chi connectivity index (χ0n) is 16.1. The number of nitrogens with two attached hydrogens (primary N) is 1. The quantitative estimate of drug-likeness (QED) is 0.756. The van der Waals surface area contributed by atoms with Gasteiger partial charge in [0.15, 0.2) is 0 Å². The summed E-state index contributed by atoms with van der Waals surface area (Å²) in [5, 5.41) is 0. The molecular weight excluding hydrogens is 330 g/mol. The minimum absolute atomic E-state index is 0.0890. The third kappa shape index (κ3) is 6.32. The number of carbonyl (C=O) groups is 1. The molecule has 25 heavy (non-hydrogen) atoms. The van der Waals surface area contributed by atoms with Gasteiger partial charge in [-0.1, -0.05) is 26.0 Å². The van der Waals surface area contributed by atoms with E-state index in [9.17, 15) is 4.79 Å². The molecule has 0 radical (unpaired) electrons. The fraction of sp³-hybridized carbons (Fsp3) is 0.650. The standard InChI is InChI=1S/C20H33N3OS/c1-15(2)16-5-7-19(8-6-16)25-14-17(21)13-20(24)23-11-9-18(10-12-23)22(3)4/h5-8,15,17-18H,9-14,21H2,1-4H3. The number of hydrogen-bond acceptors (Lipinski definition) is 4. The van der Waals surface area contributed by atoms with Gasteiger partial charge in [-0.3, -0.25) is 4.79 Å². The molecule has 1 fully saturated rings. The lowest BCUT2D eigenvalue weighted by Gasteiger charge is -2.35. The van der Waals surface area contributed by atoms with Gasteiger partial charge in [-0.2, -0.15) is 0 Å². The number of nitrogens with zero attached hydrogens (tertiary/aromatic N) is 2. The Balaban J connectivity index is 1.72. The van der Waals surface area contributed by atoms with E-state index in [4.69, 9.17) is 5.73 Å². The number of rotatable bonds is 7. The lowest BCUT2D eigenvalue weighted by atomic mass is 10.0. The maximum atomic E-state index is 12.4. The molecule has 0 spiro atoms. The van der Waals surface area contributed by atoms with Crippen molar-refractivity contribution in [2.75, 3.05) is 32.9 Å². The topological polar surface area (TPSA) is 49.6 Å². The highest BCUT2D eigenvalue weighted by molar-refractivity contribution is 7.99. The van der Waals surface area contributed by atoms with Crippen LogP contribution in [-0.2, 0) is 4.79 Å². The Kier molecular flexibility index (Phi) is 7.79. The maximum absolute atomic E-state index is 12.4. The summed E-state index contributed by atoms with van der Waals surface area (Å²) in [7, 11) is 4.23. The summed E-state index contributed by atoms with van der Waals surface area (Å²) in [4.78, 5) is 17.9. The fourth-order valence-corrected chi connectivity index (χ4v) is 4.05. The minimum atomic E-state index is -0.0890. The van der Waals surface area contributed by atoms with E-state index in [1.165, 1.54) is 10.5 Å². The van der Waals surface area contributed by atoms with Crippen molar-refractivity contribution in [2.24, 2.45) is 5.73 Å². The molecular formula is C20H33N3OS. The maximum Gasteiger partial charge on any atom is 0.224 e. The van der Waals surface area contributed by atoms with Crippen LogP contribution in [0.4, 0.5) is 0 Å². The predicted octanol–water partition coefficient (Wildman–Crippen LogP) is 3.17. The molecule has 0 aliphatic carbocycles. The summed E-state index contributed by atoms with van der Waals surface area (Å²) in [6.07, 6.45) is 2.57. The van der Waals surface area contributed by atoms with Crippen LogP contribution in [-0.4, -0.2) is 60.7 Å². The minimum Gasteiger partial charge on any atom is -0.343 e. The van der Waals surface area contributed by atoms with Crippen LogP contribution in [0.5, 0.6) is 0 Å².